The lowest BCUT2D eigenvalue weighted by molar-refractivity contribution is -0.595. The van der Waals surface area contributed by atoms with Crippen LogP contribution < -0.4 is 4.73 Å². The van der Waals surface area contributed by atoms with E-state index in [9.17, 15) is 5.21 Å². The topological polar surface area (TPSA) is 107 Å². The summed E-state index contributed by atoms with van der Waals surface area (Å²) >= 11 is 3.39. The van der Waals surface area contributed by atoms with Gasteiger partial charge in [-0.05, 0) is 87.4 Å². The van der Waals surface area contributed by atoms with Crippen LogP contribution in [0.1, 0.15) is 68.5 Å². The number of aromatic nitrogens is 5. The van der Waals surface area contributed by atoms with E-state index in [-0.39, 0.29) is 21.2 Å². The molecule has 10 nitrogen and oxygen atoms in total. The molecule has 1 fully saturated rings. The van der Waals surface area contributed by atoms with E-state index >= 15 is 0 Å². The van der Waals surface area contributed by atoms with Crippen LogP contribution in [0.15, 0.2) is 35.6 Å². The molecule has 0 N–H and O–H groups in total. The van der Waals surface area contributed by atoms with Crippen molar-refractivity contribution in [1.82, 2.24) is 19.5 Å². The first-order chi connectivity index (χ1) is 21.3. The monoisotopic (exact) mass is 765 g/mol. The van der Waals surface area contributed by atoms with Crippen molar-refractivity contribution in [2.75, 3.05) is 6.61 Å². The van der Waals surface area contributed by atoms with Gasteiger partial charge in [0.15, 0.2) is 42.4 Å². The molecule has 262 valence electrons. The summed E-state index contributed by atoms with van der Waals surface area (Å²) in [5.41, 5.74) is 2.01. The first kappa shape index (κ1) is 38.3. The van der Waals surface area contributed by atoms with Crippen molar-refractivity contribution >= 4 is 52.0 Å². The summed E-state index contributed by atoms with van der Waals surface area (Å²) in [6, 6.07) is 3.64. The van der Waals surface area contributed by atoms with Crippen molar-refractivity contribution in [3.05, 3.63) is 40.8 Å². The van der Waals surface area contributed by atoms with Crippen LogP contribution in [0.2, 0.25) is 54.4 Å². The number of rotatable bonds is 9. The van der Waals surface area contributed by atoms with Crippen molar-refractivity contribution in [1.29, 1.82) is 0 Å². The molecular weight excluding hydrogens is 711 g/mol. The van der Waals surface area contributed by atoms with E-state index in [4.69, 9.17) is 23.0 Å². The molecule has 14 heteroatoms. The maximum Gasteiger partial charge on any atom is 0.292 e. The largest absolute Gasteiger partial charge is 0.710 e. The molecule has 0 bridgehead atoms. The van der Waals surface area contributed by atoms with Crippen LogP contribution in [0.5, 0.6) is 0 Å². The fourth-order valence-electron chi connectivity index (χ4n) is 4.76. The third kappa shape index (κ3) is 7.79. The Bertz CT molecular complexity index is 1560. The average molecular weight is 767 g/mol. The number of halogens is 1. The van der Waals surface area contributed by atoms with E-state index in [0.29, 0.717) is 33.6 Å². The van der Waals surface area contributed by atoms with Gasteiger partial charge in [0, 0.05) is 11.8 Å². The average Bonchev–Trinajstić information content (AvgIpc) is 3.47. The van der Waals surface area contributed by atoms with Crippen molar-refractivity contribution < 1.29 is 22.7 Å². The standard InChI is InChI=1S/C33H56BrN5O5Si3/c1-31(2,3)45(10,11)41-19-23-27(43-46(12,13)32(4,5)6)28(44-47(14,15)33(7,8)9)30(42-23)38-20-36-25-26(39(40)21-37-29(25)38)22-16-17-24(34)35-18-22/h16-18,20-21,23,27-28,30H,19H2,1-15H3/t23-,27-,28-,30-/m1/s1. The fraction of sp³-hybridized carbons (Fsp3) is 0.697. The third-order valence-electron chi connectivity index (χ3n) is 10.9. The molecule has 0 amide bonds. The molecule has 0 aromatic carbocycles. The molecule has 1 saturated heterocycles. The van der Waals surface area contributed by atoms with E-state index in [1.807, 2.05) is 10.6 Å². The molecule has 4 rings (SSSR count). The maximum absolute atomic E-state index is 13.1. The minimum absolute atomic E-state index is 0.0317. The van der Waals surface area contributed by atoms with Gasteiger partial charge < -0.3 is 23.2 Å². The number of nitrogens with zero attached hydrogens (tertiary/aromatic N) is 5. The van der Waals surface area contributed by atoms with E-state index in [0.717, 1.165) is 4.73 Å². The Morgan fingerprint density at radius 1 is 0.830 bits per heavy atom. The minimum atomic E-state index is -2.35. The lowest BCUT2D eigenvalue weighted by Gasteiger charge is -2.44. The van der Waals surface area contributed by atoms with Gasteiger partial charge in [0.2, 0.25) is 0 Å². The molecule has 0 unspecified atom stereocenters. The highest BCUT2D eigenvalue weighted by atomic mass is 79.9. The van der Waals surface area contributed by atoms with Crippen molar-refractivity contribution in [3.8, 4) is 11.3 Å². The second-order valence-electron chi connectivity index (χ2n) is 17.4. The molecule has 0 spiro atoms. The Morgan fingerprint density at radius 2 is 1.38 bits per heavy atom. The predicted octanol–water partition coefficient (Wildman–Crippen LogP) is 8.59. The van der Waals surface area contributed by atoms with Gasteiger partial charge in [-0.25, -0.2) is 14.7 Å². The van der Waals surface area contributed by atoms with E-state index in [1.54, 1.807) is 18.6 Å². The van der Waals surface area contributed by atoms with E-state index < -0.39 is 43.4 Å². The predicted molar refractivity (Wildman–Crippen MR) is 199 cm³/mol. The Morgan fingerprint density at radius 3 is 1.89 bits per heavy atom. The Balaban J connectivity index is 1.89. The van der Waals surface area contributed by atoms with Crippen molar-refractivity contribution in [3.63, 3.8) is 0 Å². The van der Waals surface area contributed by atoms with Gasteiger partial charge in [0.05, 0.1) is 6.61 Å². The normalized spacial score (nSPS) is 22.0. The number of fused-ring (bicyclic) bond motifs is 1. The number of imidazole rings is 1. The zero-order valence-electron chi connectivity index (χ0n) is 31.1. The highest BCUT2D eigenvalue weighted by molar-refractivity contribution is 9.10. The summed E-state index contributed by atoms with van der Waals surface area (Å²) < 4.78 is 31.8. The summed E-state index contributed by atoms with van der Waals surface area (Å²) in [6.07, 6.45) is 2.79. The van der Waals surface area contributed by atoms with Crippen LogP contribution in [0.3, 0.4) is 0 Å². The summed E-state index contributed by atoms with van der Waals surface area (Å²) in [4.78, 5) is 13.7. The van der Waals surface area contributed by atoms with Crippen molar-refractivity contribution in [2.24, 2.45) is 0 Å². The first-order valence-electron chi connectivity index (χ1n) is 16.5. The molecule has 0 radical (unpaired) electrons. The Labute approximate surface area is 293 Å². The number of hydrogen-bond donors (Lipinski definition) is 0. The lowest BCUT2D eigenvalue weighted by Crippen LogP contribution is -2.54. The molecule has 4 heterocycles. The zero-order chi connectivity index (χ0) is 35.5. The summed E-state index contributed by atoms with van der Waals surface area (Å²) in [5, 5.41) is 13.1. The van der Waals surface area contributed by atoms with Crippen LogP contribution in [0, 0.1) is 5.21 Å². The lowest BCUT2D eigenvalue weighted by atomic mass is 10.1. The molecule has 3 aromatic rings. The first-order valence-corrected chi connectivity index (χ1v) is 26.0. The van der Waals surface area contributed by atoms with Gasteiger partial charge in [0.1, 0.15) is 29.2 Å². The second kappa shape index (κ2) is 13.0. The highest BCUT2D eigenvalue weighted by Gasteiger charge is 2.55. The maximum atomic E-state index is 13.1. The molecular formula is C33H56BrN5O5Si3. The van der Waals surface area contributed by atoms with E-state index in [2.05, 4.69) is 127 Å². The second-order valence-corrected chi connectivity index (χ2v) is 32.6. The smallest absolute Gasteiger partial charge is 0.292 e. The van der Waals surface area contributed by atoms with Crippen LogP contribution >= 0.6 is 15.9 Å². The third-order valence-corrected chi connectivity index (χ3v) is 24.9. The number of hydrogen-bond acceptors (Lipinski definition) is 8. The van der Waals surface area contributed by atoms with Gasteiger partial charge in [-0.3, -0.25) is 4.57 Å². The number of ether oxygens (including phenoxy) is 1. The minimum Gasteiger partial charge on any atom is -0.710 e. The molecule has 3 aromatic heterocycles. The van der Waals surface area contributed by atoms with Crippen LogP contribution in [0.25, 0.3) is 22.4 Å². The molecule has 47 heavy (non-hydrogen) atoms. The number of pyridine rings is 1. The molecule has 0 aliphatic carbocycles. The zero-order valence-corrected chi connectivity index (χ0v) is 35.6. The summed E-state index contributed by atoms with van der Waals surface area (Å²) in [6.45, 7) is 34.2. The van der Waals surface area contributed by atoms with E-state index in [1.165, 1.54) is 6.33 Å². The highest BCUT2D eigenvalue weighted by Crippen LogP contribution is 2.47. The quantitative estimate of drug-likeness (QED) is 0.0923. The van der Waals surface area contributed by atoms with Crippen LogP contribution in [-0.4, -0.2) is 69.4 Å². The van der Waals surface area contributed by atoms with Gasteiger partial charge in [-0.15, -0.1) is 0 Å². The van der Waals surface area contributed by atoms with Crippen LogP contribution in [0.4, 0.5) is 0 Å². The van der Waals surface area contributed by atoms with Gasteiger partial charge in [-0.2, -0.15) is 0 Å². The Kier molecular flexibility index (Phi) is 10.6. The summed E-state index contributed by atoms with van der Waals surface area (Å²) in [5.74, 6) is 0. The SMILES string of the molecule is CC(C)(C)[Si](C)(C)OC[C@H]1O[C@@H](n2cnc3c(-c4ccc(Br)nc4)[n+]([O-])cnc32)[C@H](O[Si](C)(C)C(C)(C)C)[C@@H]1O[Si](C)(C)C(C)(C)C. The van der Waals surface area contributed by atoms with Crippen LogP contribution in [-0.2, 0) is 18.0 Å². The summed E-state index contributed by atoms with van der Waals surface area (Å²) in [7, 11) is -6.77. The molecule has 4 atom stereocenters. The van der Waals surface area contributed by atoms with Gasteiger partial charge in [0.25, 0.3) is 12.0 Å². The fourth-order valence-corrected chi connectivity index (χ4v) is 8.61. The Hall–Kier alpha value is -1.53. The van der Waals surface area contributed by atoms with Gasteiger partial charge in [-0.1, -0.05) is 62.3 Å². The van der Waals surface area contributed by atoms with Gasteiger partial charge >= 0.3 is 0 Å². The molecule has 1 aliphatic rings. The van der Waals surface area contributed by atoms with Crippen molar-refractivity contribution in [2.45, 2.75) is 141 Å². The molecule has 1 aliphatic heterocycles. The molecule has 0 saturated carbocycles.